The summed E-state index contributed by atoms with van der Waals surface area (Å²) in [7, 11) is 0. The molecule has 110 valence electrons. The maximum absolute atomic E-state index is 12.2. The van der Waals surface area contributed by atoms with E-state index in [4.69, 9.17) is 23.2 Å². The van der Waals surface area contributed by atoms with Crippen LogP contribution in [0.3, 0.4) is 0 Å². The van der Waals surface area contributed by atoms with Crippen LogP contribution in [0.15, 0.2) is 12.1 Å². The SMILES string of the molecule is O=C1C(=O)N(CC(=O)N2CCCC2)c2c(Cl)ccc(Cl)c21. The van der Waals surface area contributed by atoms with E-state index in [2.05, 4.69) is 0 Å². The number of fused-ring (bicyclic) bond motifs is 1. The summed E-state index contributed by atoms with van der Waals surface area (Å²) in [6.07, 6.45) is 1.92. The highest BCUT2D eigenvalue weighted by atomic mass is 35.5. The van der Waals surface area contributed by atoms with E-state index in [1.54, 1.807) is 4.90 Å². The summed E-state index contributed by atoms with van der Waals surface area (Å²) in [6, 6.07) is 2.99. The predicted octanol–water partition coefficient (Wildman–Crippen LogP) is 2.15. The molecule has 0 atom stereocenters. The Hall–Kier alpha value is -1.59. The van der Waals surface area contributed by atoms with Crippen LogP contribution in [0.4, 0.5) is 5.69 Å². The molecule has 5 nitrogen and oxygen atoms in total. The monoisotopic (exact) mass is 326 g/mol. The number of benzene rings is 1. The molecule has 2 aliphatic rings. The smallest absolute Gasteiger partial charge is 0.300 e. The lowest BCUT2D eigenvalue weighted by Gasteiger charge is -2.21. The molecule has 0 bridgehead atoms. The fourth-order valence-electron chi connectivity index (χ4n) is 2.70. The van der Waals surface area contributed by atoms with Crippen LogP contribution in [0.25, 0.3) is 0 Å². The number of likely N-dealkylation sites (tertiary alicyclic amines) is 1. The van der Waals surface area contributed by atoms with Crippen molar-refractivity contribution in [1.82, 2.24) is 4.90 Å². The van der Waals surface area contributed by atoms with Gasteiger partial charge < -0.3 is 4.90 Å². The number of amides is 2. The van der Waals surface area contributed by atoms with Gasteiger partial charge in [-0.15, -0.1) is 0 Å². The molecule has 0 N–H and O–H groups in total. The summed E-state index contributed by atoms with van der Waals surface area (Å²) < 4.78 is 0. The minimum Gasteiger partial charge on any atom is -0.341 e. The number of hydrogen-bond donors (Lipinski definition) is 0. The van der Waals surface area contributed by atoms with Gasteiger partial charge in [0.15, 0.2) is 0 Å². The maximum atomic E-state index is 12.2. The van der Waals surface area contributed by atoms with E-state index in [0.29, 0.717) is 13.1 Å². The summed E-state index contributed by atoms with van der Waals surface area (Å²) in [5.74, 6) is -1.66. The normalized spacial score (nSPS) is 17.6. The zero-order chi connectivity index (χ0) is 15.1. The van der Waals surface area contributed by atoms with Crippen LogP contribution in [0.1, 0.15) is 23.2 Å². The lowest BCUT2D eigenvalue weighted by molar-refractivity contribution is -0.129. The van der Waals surface area contributed by atoms with Crippen molar-refractivity contribution in [2.75, 3.05) is 24.5 Å². The molecule has 0 spiro atoms. The molecule has 0 radical (unpaired) electrons. The van der Waals surface area contributed by atoms with Crippen molar-refractivity contribution in [1.29, 1.82) is 0 Å². The molecule has 2 heterocycles. The summed E-state index contributed by atoms with van der Waals surface area (Å²) in [5, 5.41) is 0.409. The second-order valence-corrected chi connectivity index (χ2v) is 5.88. The molecule has 1 fully saturated rings. The van der Waals surface area contributed by atoms with E-state index in [0.717, 1.165) is 17.7 Å². The van der Waals surface area contributed by atoms with Gasteiger partial charge in [-0.05, 0) is 25.0 Å². The van der Waals surface area contributed by atoms with Crippen molar-refractivity contribution in [3.05, 3.63) is 27.7 Å². The maximum Gasteiger partial charge on any atom is 0.300 e. The molecular formula is C14H12Cl2N2O3. The second kappa shape index (κ2) is 5.31. The average Bonchev–Trinajstić information content (AvgIpc) is 3.06. The Labute approximate surface area is 131 Å². The van der Waals surface area contributed by atoms with E-state index in [9.17, 15) is 14.4 Å². The highest BCUT2D eigenvalue weighted by molar-refractivity contribution is 6.57. The van der Waals surface area contributed by atoms with E-state index in [-0.39, 0.29) is 33.7 Å². The zero-order valence-electron chi connectivity index (χ0n) is 11.1. The largest absolute Gasteiger partial charge is 0.341 e. The summed E-state index contributed by atoms with van der Waals surface area (Å²) in [6.45, 7) is 1.19. The molecule has 3 rings (SSSR count). The summed E-state index contributed by atoms with van der Waals surface area (Å²) >= 11 is 12.1. The van der Waals surface area contributed by atoms with Gasteiger partial charge in [0.05, 0.1) is 21.3 Å². The number of carbonyl (C=O) groups excluding carboxylic acids is 3. The summed E-state index contributed by atoms with van der Waals surface area (Å²) in [4.78, 5) is 39.2. The van der Waals surface area contributed by atoms with E-state index < -0.39 is 11.7 Å². The van der Waals surface area contributed by atoms with Crippen molar-refractivity contribution in [3.63, 3.8) is 0 Å². The van der Waals surface area contributed by atoms with Gasteiger partial charge in [-0.25, -0.2) is 0 Å². The quantitative estimate of drug-likeness (QED) is 0.782. The number of ketones is 1. The average molecular weight is 327 g/mol. The minimum absolute atomic E-state index is 0.0865. The van der Waals surface area contributed by atoms with Crippen LogP contribution < -0.4 is 4.90 Å². The molecule has 0 saturated carbocycles. The highest BCUT2D eigenvalue weighted by Crippen LogP contribution is 2.39. The van der Waals surface area contributed by atoms with E-state index in [1.165, 1.54) is 12.1 Å². The molecule has 7 heteroatoms. The lowest BCUT2D eigenvalue weighted by Crippen LogP contribution is -2.41. The van der Waals surface area contributed by atoms with Gasteiger partial charge in [0.25, 0.3) is 11.7 Å². The second-order valence-electron chi connectivity index (χ2n) is 5.06. The fraction of sp³-hybridized carbons (Fsp3) is 0.357. The van der Waals surface area contributed by atoms with Gasteiger partial charge in [-0.1, -0.05) is 23.2 Å². The van der Waals surface area contributed by atoms with Crippen molar-refractivity contribution in [2.45, 2.75) is 12.8 Å². The Morgan fingerprint density at radius 1 is 1.10 bits per heavy atom. The number of anilines is 1. The molecule has 2 amide bonds. The van der Waals surface area contributed by atoms with Gasteiger partial charge in [0, 0.05) is 13.1 Å². The Balaban J connectivity index is 1.94. The van der Waals surface area contributed by atoms with Crippen LogP contribution >= 0.6 is 23.2 Å². The molecule has 21 heavy (non-hydrogen) atoms. The number of halogens is 2. The number of hydrogen-bond acceptors (Lipinski definition) is 3. The molecule has 1 saturated heterocycles. The van der Waals surface area contributed by atoms with Crippen LogP contribution in [0.2, 0.25) is 10.0 Å². The molecule has 1 aromatic carbocycles. The summed E-state index contributed by atoms with van der Waals surface area (Å²) in [5.41, 5.74) is 0.329. The van der Waals surface area contributed by atoms with Gasteiger partial charge in [-0.3, -0.25) is 19.3 Å². The Morgan fingerprint density at radius 2 is 1.71 bits per heavy atom. The van der Waals surface area contributed by atoms with Crippen LogP contribution in [-0.4, -0.2) is 42.1 Å². The Morgan fingerprint density at radius 3 is 2.38 bits per heavy atom. The van der Waals surface area contributed by atoms with E-state index in [1.807, 2.05) is 0 Å². The van der Waals surface area contributed by atoms with Crippen LogP contribution in [-0.2, 0) is 9.59 Å². The van der Waals surface area contributed by atoms with Crippen molar-refractivity contribution in [2.24, 2.45) is 0 Å². The van der Waals surface area contributed by atoms with Crippen molar-refractivity contribution in [3.8, 4) is 0 Å². The number of rotatable bonds is 2. The van der Waals surface area contributed by atoms with Gasteiger partial charge in [0.2, 0.25) is 5.91 Å². The molecular weight excluding hydrogens is 315 g/mol. The van der Waals surface area contributed by atoms with Gasteiger partial charge in [0.1, 0.15) is 6.54 Å². The van der Waals surface area contributed by atoms with Crippen molar-refractivity contribution >= 4 is 46.5 Å². The standard InChI is InChI=1S/C14H12Cl2N2O3/c15-8-3-4-9(16)12-11(8)13(20)14(21)18(12)7-10(19)17-5-1-2-6-17/h3-4H,1-2,5-7H2. The highest BCUT2D eigenvalue weighted by Gasteiger charge is 2.40. The molecule has 2 aliphatic heterocycles. The molecule has 0 aromatic heterocycles. The number of Topliss-reactive ketones (excluding diaryl/α,β-unsaturated/α-hetero) is 1. The number of carbonyl (C=O) groups is 3. The van der Waals surface area contributed by atoms with E-state index >= 15 is 0 Å². The molecule has 1 aromatic rings. The predicted molar refractivity (Wildman–Crippen MR) is 79.0 cm³/mol. The zero-order valence-corrected chi connectivity index (χ0v) is 12.6. The third-order valence-electron chi connectivity index (χ3n) is 3.77. The fourth-order valence-corrected chi connectivity index (χ4v) is 3.20. The minimum atomic E-state index is -0.757. The third kappa shape index (κ3) is 2.30. The Kier molecular flexibility index (Phi) is 3.63. The van der Waals surface area contributed by atoms with Crippen molar-refractivity contribution < 1.29 is 14.4 Å². The first kappa shape index (κ1) is 14.4. The molecule has 0 aliphatic carbocycles. The third-order valence-corrected chi connectivity index (χ3v) is 4.39. The number of nitrogens with zero attached hydrogens (tertiary/aromatic N) is 2. The van der Waals surface area contributed by atoms with Gasteiger partial charge >= 0.3 is 0 Å². The topological polar surface area (TPSA) is 57.7 Å². The Bertz CT molecular complexity index is 654. The van der Waals surface area contributed by atoms with Gasteiger partial charge in [-0.2, -0.15) is 0 Å². The first-order valence-corrected chi connectivity index (χ1v) is 7.38. The first-order chi connectivity index (χ1) is 10.0. The lowest BCUT2D eigenvalue weighted by atomic mass is 10.1. The molecule has 0 unspecified atom stereocenters. The van der Waals surface area contributed by atoms with Crippen LogP contribution in [0, 0.1) is 0 Å². The van der Waals surface area contributed by atoms with Crippen LogP contribution in [0.5, 0.6) is 0 Å². The first-order valence-electron chi connectivity index (χ1n) is 6.62.